The molecule has 0 aromatic heterocycles. The predicted octanol–water partition coefficient (Wildman–Crippen LogP) is -1.76. The van der Waals surface area contributed by atoms with Crippen molar-refractivity contribution in [1.29, 1.82) is 0 Å². The highest BCUT2D eigenvalue weighted by atomic mass is 16.1. The Morgan fingerprint density at radius 2 is 2.75 bits per heavy atom. The van der Waals surface area contributed by atoms with Crippen LogP contribution in [0, 0.1) is 0 Å². The van der Waals surface area contributed by atoms with E-state index in [-0.39, 0.29) is 5.84 Å². The van der Waals surface area contributed by atoms with E-state index in [1.165, 1.54) is 5.01 Å². The number of carbonyl (C=O) groups excluding carboxylic acids is 1. The molecule has 0 aromatic rings. The number of nitrogens with two attached hydrogens (primary N) is 1. The number of hydrogen-bond donors (Lipinski definition) is 2. The number of hydrazine groups is 1. The maximum Gasteiger partial charge on any atom is 0.204 e. The van der Waals surface area contributed by atoms with Gasteiger partial charge in [0.05, 0.1) is 0 Å². The van der Waals surface area contributed by atoms with Gasteiger partial charge in [0.2, 0.25) is 5.84 Å². The minimum absolute atomic E-state index is 0.241. The number of hydrazone groups is 1. The van der Waals surface area contributed by atoms with Crippen molar-refractivity contribution in [3.05, 3.63) is 0 Å². The Bertz CT molecular complexity index is 131. The molecule has 0 saturated heterocycles. The van der Waals surface area contributed by atoms with Gasteiger partial charge in [-0.3, -0.25) is 15.2 Å². The number of carbonyl (C=O) groups is 1. The van der Waals surface area contributed by atoms with Crippen LogP contribution in [0.3, 0.4) is 0 Å². The van der Waals surface area contributed by atoms with Crippen LogP contribution >= 0.6 is 0 Å². The Morgan fingerprint density at radius 1 is 2.00 bits per heavy atom. The van der Waals surface area contributed by atoms with E-state index in [1.807, 2.05) is 0 Å². The molecular weight excluding hydrogens is 108 g/mol. The number of amidine groups is 1. The zero-order valence-corrected chi connectivity index (χ0v) is 4.16. The van der Waals surface area contributed by atoms with Gasteiger partial charge in [-0.05, 0) is 0 Å². The summed E-state index contributed by atoms with van der Waals surface area (Å²) >= 11 is 0. The van der Waals surface area contributed by atoms with Crippen molar-refractivity contribution in [3.63, 3.8) is 0 Å². The van der Waals surface area contributed by atoms with Crippen LogP contribution in [0.4, 0.5) is 0 Å². The molecule has 0 radical (unpaired) electrons. The Hall–Kier alpha value is -1.10. The number of aldehydes is 1. The average Bonchev–Trinajstić information content (AvgIpc) is 2.14. The molecule has 1 aliphatic heterocycles. The zero-order valence-electron chi connectivity index (χ0n) is 4.16. The summed E-state index contributed by atoms with van der Waals surface area (Å²) in [4.78, 5) is 9.93. The Morgan fingerprint density at radius 3 is 3.00 bits per heavy atom. The van der Waals surface area contributed by atoms with E-state index < -0.39 is 0 Å². The third kappa shape index (κ3) is 0.627. The van der Waals surface area contributed by atoms with Crippen molar-refractivity contribution < 1.29 is 4.79 Å². The lowest BCUT2D eigenvalue weighted by Gasteiger charge is -2.04. The van der Waals surface area contributed by atoms with E-state index in [0.717, 1.165) is 0 Å². The SMILES string of the molecule is NN1CNN=C1C=O. The quantitative estimate of drug-likeness (QED) is 0.313. The summed E-state index contributed by atoms with van der Waals surface area (Å²) < 4.78 is 0. The highest BCUT2D eigenvalue weighted by Crippen LogP contribution is 1.84. The Kier molecular flexibility index (Phi) is 1.13. The van der Waals surface area contributed by atoms with E-state index in [4.69, 9.17) is 5.84 Å². The molecule has 5 nitrogen and oxygen atoms in total. The molecule has 1 rings (SSSR count). The van der Waals surface area contributed by atoms with Gasteiger partial charge in [0.1, 0.15) is 6.67 Å². The molecule has 1 heterocycles. The average molecular weight is 114 g/mol. The molecule has 0 amide bonds. The first kappa shape index (κ1) is 5.04. The van der Waals surface area contributed by atoms with Crippen LogP contribution in [0.1, 0.15) is 0 Å². The standard InChI is InChI=1S/C3H6N4O/c4-7-2-5-6-3(7)1-8/h1,5H,2,4H2. The Balaban J connectivity index is 2.62. The topological polar surface area (TPSA) is 70.7 Å². The largest absolute Gasteiger partial charge is 0.294 e. The molecule has 0 unspecified atom stereocenters. The highest BCUT2D eigenvalue weighted by molar-refractivity contribution is 6.26. The fraction of sp³-hybridized carbons (Fsp3) is 0.333. The number of hydrogen-bond acceptors (Lipinski definition) is 5. The Labute approximate surface area is 46.1 Å². The second kappa shape index (κ2) is 1.79. The van der Waals surface area contributed by atoms with Crippen molar-refractivity contribution in [2.24, 2.45) is 10.9 Å². The summed E-state index contributed by atoms with van der Waals surface area (Å²) in [5.74, 6) is 5.44. The third-order valence-electron chi connectivity index (χ3n) is 0.834. The van der Waals surface area contributed by atoms with Crippen molar-refractivity contribution in [2.75, 3.05) is 6.67 Å². The van der Waals surface area contributed by atoms with Crippen molar-refractivity contribution in [2.45, 2.75) is 0 Å². The fourth-order valence-electron chi connectivity index (χ4n) is 0.432. The van der Waals surface area contributed by atoms with Crippen LogP contribution < -0.4 is 11.3 Å². The minimum atomic E-state index is 0.241. The van der Waals surface area contributed by atoms with Crippen LogP contribution in [-0.4, -0.2) is 23.8 Å². The number of rotatable bonds is 1. The third-order valence-corrected chi connectivity index (χ3v) is 0.834. The van der Waals surface area contributed by atoms with Crippen LogP contribution in [0.5, 0.6) is 0 Å². The lowest BCUT2D eigenvalue weighted by Crippen LogP contribution is -2.36. The molecular formula is C3H6N4O. The van der Waals surface area contributed by atoms with E-state index in [0.29, 0.717) is 13.0 Å². The van der Waals surface area contributed by atoms with Gasteiger partial charge in [-0.1, -0.05) is 0 Å². The van der Waals surface area contributed by atoms with Gasteiger partial charge in [-0.15, -0.1) is 0 Å². The molecule has 0 fully saturated rings. The predicted molar refractivity (Wildman–Crippen MR) is 27.5 cm³/mol. The monoisotopic (exact) mass is 114 g/mol. The van der Waals surface area contributed by atoms with Crippen molar-refractivity contribution in [1.82, 2.24) is 10.4 Å². The molecule has 0 atom stereocenters. The van der Waals surface area contributed by atoms with E-state index in [2.05, 4.69) is 10.5 Å². The summed E-state index contributed by atoms with van der Waals surface area (Å²) in [6.07, 6.45) is 0.597. The molecule has 8 heavy (non-hydrogen) atoms. The van der Waals surface area contributed by atoms with Gasteiger partial charge in [-0.25, -0.2) is 5.84 Å². The van der Waals surface area contributed by atoms with Gasteiger partial charge < -0.3 is 0 Å². The van der Waals surface area contributed by atoms with Crippen molar-refractivity contribution in [3.8, 4) is 0 Å². The van der Waals surface area contributed by atoms with E-state index in [9.17, 15) is 4.79 Å². The molecule has 3 N–H and O–H groups in total. The highest BCUT2D eigenvalue weighted by Gasteiger charge is 2.09. The summed E-state index contributed by atoms with van der Waals surface area (Å²) in [6, 6.07) is 0. The first-order valence-electron chi connectivity index (χ1n) is 2.12. The van der Waals surface area contributed by atoms with E-state index >= 15 is 0 Å². The number of nitrogens with zero attached hydrogens (tertiary/aromatic N) is 2. The molecule has 0 aliphatic carbocycles. The first-order chi connectivity index (χ1) is 3.84. The second-order valence-electron chi connectivity index (χ2n) is 1.37. The van der Waals surface area contributed by atoms with Crippen LogP contribution in [0.25, 0.3) is 0 Å². The van der Waals surface area contributed by atoms with Crippen molar-refractivity contribution >= 4 is 12.1 Å². The molecule has 44 valence electrons. The van der Waals surface area contributed by atoms with Gasteiger partial charge >= 0.3 is 0 Å². The van der Waals surface area contributed by atoms with Gasteiger partial charge in [-0.2, -0.15) is 5.10 Å². The maximum atomic E-state index is 9.93. The molecule has 0 aromatic carbocycles. The van der Waals surface area contributed by atoms with Crippen LogP contribution in [-0.2, 0) is 4.79 Å². The summed E-state index contributed by atoms with van der Waals surface area (Å²) in [5.41, 5.74) is 2.53. The van der Waals surface area contributed by atoms with Gasteiger partial charge in [0.15, 0.2) is 6.29 Å². The maximum absolute atomic E-state index is 9.93. The fourth-order valence-corrected chi connectivity index (χ4v) is 0.432. The summed E-state index contributed by atoms with van der Waals surface area (Å²) in [5, 5.41) is 4.76. The summed E-state index contributed by atoms with van der Waals surface area (Å²) in [7, 11) is 0. The second-order valence-corrected chi connectivity index (χ2v) is 1.37. The van der Waals surface area contributed by atoms with Gasteiger partial charge in [0, 0.05) is 0 Å². The minimum Gasteiger partial charge on any atom is -0.294 e. The smallest absolute Gasteiger partial charge is 0.204 e. The van der Waals surface area contributed by atoms with Crippen LogP contribution in [0.15, 0.2) is 5.10 Å². The van der Waals surface area contributed by atoms with Crippen LogP contribution in [0.2, 0.25) is 0 Å². The molecule has 0 bridgehead atoms. The number of nitrogens with one attached hydrogen (secondary N) is 1. The molecule has 0 saturated carbocycles. The summed E-state index contributed by atoms with van der Waals surface area (Å²) in [6.45, 7) is 0.411. The molecule has 1 aliphatic rings. The lowest BCUT2D eigenvalue weighted by molar-refractivity contribution is -0.103. The van der Waals surface area contributed by atoms with Gasteiger partial charge in [0.25, 0.3) is 0 Å². The zero-order chi connectivity index (χ0) is 5.98. The molecule has 0 spiro atoms. The van der Waals surface area contributed by atoms with E-state index in [1.54, 1.807) is 0 Å². The molecule has 5 heteroatoms. The lowest BCUT2D eigenvalue weighted by atomic mass is 10.6. The normalized spacial score (nSPS) is 17.6. The first-order valence-corrected chi connectivity index (χ1v) is 2.12.